The molecule has 2 atom stereocenters. The summed E-state index contributed by atoms with van der Waals surface area (Å²) in [5.74, 6) is 2.11. The van der Waals surface area contributed by atoms with Crippen molar-refractivity contribution < 1.29 is 14.2 Å². The average molecular weight is 542 g/mol. The second-order valence-corrected chi connectivity index (χ2v) is 9.87. The number of aromatic nitrogens is 2. The first-order chi connectivity index (χ1) is 17.1. The average Bonchev–Trinajstić information content (AvgIpc) is 3.30. The lowest BCUT2D eigenvalue weighted by molar-refractivity contribution is 0.0176. The zero-order valence-corrected chi connectivity index (χ0v) is 21.8. The van der Waals surface area contributed by atoms with Crippen LogP contribution in [0.1, 0.15) is 18.9 Å². The van der Waals surface area contributed by atoms with Crippen molar-refractivity contribution in [3.8, 4) is 11.5 Å². The van der Waals surface area contributed by atoms with Crippen molar-refractivity contribution in [2.75, 3.05) is 51.8 Å². The Balaban J connectivity index is 1.28. The van der Waals surface area contributed by atoms with Crippen LogP contribution in [0.3, 0.4) is 0 Å². The fourth-order valence-electron chi connectivity index (χ4n) is 4.86. The molecule has 8 nitrogen and oxygen atoms in total. The SMILES string of the molecule is CCc1cc(Br)ccc1Nc1ncnc2cc(OC)c(OCCCN3CC4NCCOC4C3)cc12. The van der Waals surface area contributed by atoms with E-state index in [4.69, 9.17) is 14.2 Å². The summed E-state index contributed by atoms with van der Waals surface area (Å²) in [6.07, 6.45) is 3.72. The highest BCUT2D eigenvalue weighted by atomic mass is 79.9. The third-order valence-electron chi connectivity index (χ3n) is 6.68. The summed E-state index contributed by atoms with van der Waals surface area (Å²) in [5, 5.41) is 7.94. The topological polar surface area (TPSA) is 80.8 Å². The standard InChI is InChI=1S/C26H32BrN5O3/c1-3-17-11-18(27)5-6-20(17)31-26-19-12-24(23(33-2)13-21(19)29-16-30-26)34-9-4-8-32-14-22-25(15-32)35-10-7-28-22/h5-6,11-13,16,22,25,28H,3-4,7-10,14-15H2,1-2H3,(H,29,30,31). The van der Waals surface area contributed by atoms with E-state index >= 15 is 0 Å². The van der Waals surface area contributed by atoms with Crippen molar-refractivity contribution in [3.05, 3.63) is 46.7 Å². The molecule has 2 unspecified atom stereocenters. The van der Waals surface area contributed by atoms with E-state index in [1.807, 2.05) is 18.2 Å². The second-order valence-electron chi connectivity index (χ2n) is 8.95. The monoisotopic (exact) mass is 541 g/mol. The minimum absolute atomic E-state index is 0.315. The molecule has 0 bridgehead atoms. The van der Waals surface area contributed by atoms with Crippen LogP contribution in [0.2, 0.25) is 0 Å². The van der Waals surface area contributed by atoms with Crippen molar-refractivity contribution in [2.45, 2.75) is 31.9 Å². The van der Waals surface area contributed by atoms with Crippen LogP contribution in [-0.4, -0.2) is 73.5 Å². The van der Waals surface area contributed by atoms with Gasteiger partial charge in [0.2, 0.25) is 0 Å². The molecule has 0 aliphatic carbocycles. The van der Waals surface area contributed by atoms with E-state index in [0.717, 1.165) is 72.5 Å². The van der Waals surface area contributed by atoms with Gasteiger partial charge in [0.05, 0.1) is 31.9 Å². The highest BCUT2D eigenvalue weighted by Crippen LogP contribution is 2.35. The van der Waals surface area contributed by atoms with Gasteiger partial charge in [0.25, 0.3) is 0 Å². The Morgan fingerprint density at radius 3 is 2.94 bits per heavy atom. The first-order valence-electron chi connectivity index (χ1n) is 12.2. The number of fused-ring (bicyclic) bond motifs is 2. The minimum atomic E-state index is 0.315. The highest BCUT2D eigenvalue weighted by molar-refractivity contribution is 9.10. The van der Waals surface area contributed by atoms with E-state index in [-0.39, 0.29) is 0 Å². The normalized spacial score (nSPS) is 20.1. The van der Waals surface area contributed by atoms with Crippen LogP contribution >= 0.6 is 15.9 Å². The van der Waals surface area contributed by atoms with Crippen LogP contribution in [0.15, 0.2) is 41.1 Å². The number of benzene rings is 2. The number of anilines is 2. The van der Waals surface area contributed by atoms with E-state index in [0.29, 0.717) is 30.3 Å². The summed E-state index contributed by atoms with van der Waals surface area (Å²) < 4.78 is 18.7. The molecule has 0 saturated carbocycles. The predicted molar refractivity (Wildman–Crippen MR) is 141 cm³/mol. The Hall–Kier alpha value is -2.46. The van der Waals surface area contributed by atoms with E-state index in [1.165, 1.54) is 5.56 Å². The summed E-state index contributed by atoms with van der Waals surface area (Å²) in [6, 6.07) is 10.6. The molecule has 0 amide bonds. The number of nitrogens with zero attached hydrogens (tertiary/aromatic N) is 3. The molecule has 3 heterocycles. The van der Waals surface area contributed by atoms with Gasteiger partial charge in [0.1, 0.15) is 12.1 Å². The van der Waals surface area contributed by atoms with E-state index < -0.39 is 0 Å². The number of methoxy groups -OCH3 is 1. The van der Waals surface area contributed by atoms with Crippen LogP contribution in [0.5, 0.6) is 11.5 Å². The maximum absolute atomic E-state index is 6.19. The minimum Gasteiger partial charge on any atom is -0.493 e. The molecule has 2 aliphatic rings. The molecule has 2 aromatic carbocycles. The van der Waals surface area contributed by atoms with Gasteiger partial charge >= 0.3 is 0 Å². The third kappa shape index (κ3) is 5.53. The van der Waals surface area contributed by atoms with Gasteiger partial charge in [-0.15, -0.1) is 0 Å². The second kappa shape index (κ2) is 11.1. The Morgan fingerprint density at radius 2 is 2.11 bits per heavy atom. The van der Waals surface area contributed by atoms with Crippen molar-refractivity contribution in [1.82, 2.24) is 20.2 Å². The van der Waals surface area contributed by atoms with Gasteiger partial charge in [-0.1, -0.05) is 22.9 Å². The van der Waals surface area contributed by atoms with Gasteiger partial charge in [-0.2, -0.15) is 0 Å². The molecular formula is C26H32BrN5O3. The summed E-state index contributed by atoms with van der Waals surface area (Å²) >= 11 is 3.56. The quantitative estimate of drug-likeness (QED) is 0.391. The molecule has 186 valence electrons. The van der Waals surface area contributed by atoms with E-state index in [2.05, 4.69) is 60.5 Å². The first-order valence-corrected chi connectivity index (χ1v) is 13.0. The van der Waals surface area contributed by atoms with Gasteiger partial charge in [-0.05, 0) is 42.7 Å². The molecule has 35 heavy (non-hydrogen) atoms. The van der Waals surface area contributed by atoms with Crippen LogP contribution in [0, 0.1) is 0 Å². The van der Waals surface area contributed by atoms with Crippen LogP contribution in [0.25, 0.3) is 10.9 Å². The zero-order chi connectivity index (χ0) is 24.2. The molecule has 2 saturated heterocycles. The van der Waals surface area contributed by atoms with Gasteiger partial charge in [0.15, 0.2) is 11.5 Å². The number of hydrogen-bond donors (Lipinski definition) is 2. The molecular weight excluding hydrogens is 510 g/mol. The Labute approximate surface area is 214 Å². The first kappa shape index (κ1) is 24.2. The lowest BCUT2D eigenvalue weighted by atomic mass is 10.1. The zero-order valence-electron chi connectivity index (χ0n) is 20.2. The summed E-state index contributed by atoms with van der Waals surface area (Å²) in [4.78, 5) is 11.4. The number of nitrogens with one attached hydrogen (secondary N) is 2. The molecule has 2 N–H and O–H groups in total. The Kier molecular flexibility index (Phi) is 7.67. The van der Waals surface area contributed by atoms with Crippen LogP contribution in [0.4, 0.5) is 11.5 Å². The smallest absolute Gasteiger partial charge is 0.162 e. The number of ether oxygens (including phenoxy) is 3. The lowest BCUT2D eigenvalue weighted by Gasteiger charge is -2.25. The molecule has 0 radical (unpaired) electrons. The molecule has 1 aromatic heterocycles. The van der Waals surface area contributed by atoms with Crippen molar-refractivity contribution >= 4 is 38.3 Å². The maximum Gasteiger partial charge on any atom is 0.162 e. The van der Waals surface area contributed by atoms with E-state index in [1.54, 1.807) is 13.4 Å². The predicted octanol–water partition coefficient (Wildman–Crippen LogP) is 4.15. The maximum atomic E-state index is 6.19. The summed E-state index contributed by atoms with van der Waals surface area (Å²) in [6.45, 7) is 7.50. The van der Waals surface area contributed by atoms with Crippen molar-refractivity contribution in [3.63, 3.8) is 0 Å². The van der Waals surface area contributed by atoms with Gasteiger partial charge in [0, 0.05) is 53.8 Å². The molecule has 2 fully saturated rings. The molecule has 9 heteroatoms. The fraction of sp³-hybridized carbons (Fsp3) is 0.462. The van der Waals surface area contributed by atoms with Crippen LogP contribution in [-0.2, 0) is 11.2 Å². The lowest BCUT2D eigenvalue weighted by Crippen LogP contribution is -2.47. The summed E-state index contributed by atoms with van der Waals surface area (Å²) in [5.41, 5.74) is 3.03. The van der Waals surface area contributed by atoms with E-state index in [9.17, 15) is 0 Å². The number of aryl methyl sites for hydroxylation is 1. The third-order valence-corrected chi connectivity index (χ3v) is 7.17. The summed E-state index contributed by atoms with van der Waals surface area (Å²) in [7, 11) is 1.66. The van der Waals surface area contributed by atoms with Crippen molar-refractivity contribution in [2.24, 2.45) is 0 Å². The largest absolute Gasteiger partial charge is 0.493 e. The Morgan fingerprint density at radius 1 is 1.20 bits per heavy atom. The number of morpholine rings is 1. The van der Waals surface area contributed by atoms with Gasteiger partial charge in [-0.3, -0.25) is 4.90 Å². The molecule has 2 aliphatic heterocycles. The number of rotatable bonds is 9. The van der Waals surface area contributed by atoms with Gasteiger partial charge < -0.3 is 24.8 Å². The molecule has 3 aromatic rings. The fourth-order valence-corrected chi connectivity index (χ4v) is 5.27. The van der Waals surface area contributed by atoms with Crippen LogP contribution < -0.4 is 20.1 Å². The number of halogens is 1. The highest BCUT2D eigenvalue weighted by Gasteiger charge is 2.34. The van der Waals surface area contributed by atoms with Crippen molar-refractivity contribution in [1.29, 1.82) is 0 Å². The number of likely N-dealkylation sites (tertiary alicyclic amines) is 1. The Bertz CT molecular complexity index is 1160. The number of hydrogen-bond acceptors (Lipinski definition) is 8. The molecule has 5 rings (SSSR count). The van der Waals surface area contributed by atoms with Gasteiger partial charge in [-0.25, -0.2) is 9.97 Å². The molecule has 0 spiro atoms.